The van der Waals surface area contributed by atoms with E-state index in [0.717, 1.165) is 0 Å². The summed E-state index contributed by atoms with van der Waals surface area (Å²) in [4.78, 5) is 30.3. The van der Waals surface area contributed by atoms with E-state index in [2.05, 4.69) is 10.3 Å². The van der Waals surface area contributed by atoms with Gasteiger partial charge < -0.3 is 14.5 Å². The summed E-state index contributed by atoms with van der Waals surface area (Å²) in [6.07, 6.45) is 2.40. The number of benzene rings is 1. The maximum atomic E-state index is 13.1. The predicted molar refractivity (Wildman–Crippen MR) is 118 cm³/mol. The van der Waals surface area contributed by atoms with Crippen LogP contribution in [0.2, 0.25) is 0 Å². The van der Waals surface area contributed by atoms with Crippen LogP contribution in [0.5, 0.6) is 0 Å². The molecule has 1 atom stereocenters. The maximum absolute atomic E-state index is 13.1. The van der Waals surface area contributed by atoms with E-state index < -0.39 is 5.25 Å². The van der Waals surface area contributed by atoms with E-state index in [1.54, 1.807) is 36.0 Å². The Balaban J connectivity index is 1.77. The van der Waals surface area contributed by atoms with Gasteiger partial charge >= 0.3 is 0 Å². The second kappa shape index (κ2) is 10.4. The molecule has 3 aromatic rings. The van der Waals surface area contributed by atoms with Crippen LogP contribution in [-0.4, -0.2) is 33.4 Å². The fourth-order valence-corrected chi connectivity index (χ4v) is 3.88. The van der Waals surface area contributed by atoms with Crippen LogP contribution in [0, 0.1) is 0 Å². The number of amides is 1. The lowest BCUT2D eigenvalue weighted by atomic mass is 10.2. The van der Waals surface area contributed by atoms with Crippen molar-refractivity contribution in [2.45, 2.75) is 56.8 Å². The number of furan rings is 1. The molecule has 2 aromatic heterocycles. The van der Waals surface area contributed by atoms with Gasteiger partial charge in [-0.05, 0) is 51.5 Å². The van der Waals surface area contributed by atoms with Gasteiger partial charge in [-0.2, -0.15) is 0 Å². The van der Waals surface area contributed by atoms with Crippen molar-refractivity contribution in [2.24, 2.45) is 0 Å². The Hall–Kier alpha value is -2.58. The molecule has 0 aliphatic heterocycles. The summed E-state index contributed by atoms with van der Waals surface area (Å²) in [5.41, 5.74) is 0.527. The number of carbonyl (C=O) groups is 1. The summed E-state index contributed by atoms with van der Waals surface area (Å²) in [5, 5.41) is 3.53. The number of hydrogen-bond acceptors (Lipinski definition) is 6. The van der Waals surface area contributed by atoms with Crippen LogP contribution in [0.25, 0.3) is 10.9 Å². The number of rotatable bonds is 10. The van der Waals surface area contributed by atoms with Crippen LogP contribution in [0.15, 0.2) is 57.0 Å². The minimum atomic E-state index is -0.425. The first-order valence-corrected chi connectivity index (χ1v) is 10.9. The lowest BCUT2D eigenvalue weighted by Gasteiger charge is -2.16. The molecule has 0 saturated carbocycles. The lowest BCUT2D eigenvalue weighted by molar-refractivity contribution is -0.120. The van der Waals surface area contributed by atoms with Gasteiger partial charge in [-0.1, -0.05) is 23.9 Å². The van der Waals surface area contributed by atoms with E-state index in [9.17, 15) is 9.59 Å². The van der Waals surface area contributed by atoms with Crippen molar-refractivity contribution in [1.82, 2.24) is 14.9 Å². The van der Waals surface area contributed by atoms with Crippen molar-refractivity contribution >= 4 is 28.6 Å². The average Bonchev–Trinajstić information content (AvgIpc) is 3.24. The quantitative estimate of drug-likeness (QED) is 0.301. The van der Waals surface area contributed by atoms with Gasteiger partial charge in [-0.3, -0.25) is 14.2 Å². The zero-order valence-electron chi connectivity index (χ0n) is 17.5. The SMILES string of the molecule is CC(C)OCCCn1c(SC(C)C(=O)NCc2ccco2)nc2ccccc2c1=O. The van der Waals surface area contributed by atoms with Gasteiger partial charge in [0.2, 0.25) is 5.91 Å². The number of fused-ring (bicyclic) bond motifs is 1. The molecule has 30 heavy (non-hydrogen) atoms. The van der Waals surface area contributed by atoms with E-state index in [0.29, 0.717) is 47.9 Å². The van der Waals surface area contributed by atoms with Crippen LogP contribution in [-0.2, 0) is 22.6 Å². The fraction of sp³-hybridized carbons (Fsp3) is 0.409. The highest BCUT2D eigenvalue weighted by Gasteiger charge is 2.19. The number of thioether (sulfide) groups is 1. The molecular weight excluding hydrogens is 402 g/mol. The van der Waals surface area contributed by atoms with E-state index in [1.165, 1.54) is 11.8 Å². The maximum Gasteiger partial charge on any atom is 0.262 e. The van der Waals surface area contributed by atoms with E-state index in [1.807, 2.05) is 32.0 Å². The second-order valence-corrected chi connectivity index (χ2v) is 8.51. The van der Waals surface area contributed by atoms with Crippen LogP contribution in [0.1, 0.15) is 33.0 Å². The highest BCUT2D eigenvalue weighted by Crippen LogP contribution is 2.23. The summed E-state index contributed by atoms with van der Waals surface area (Å²) >= 11 is 1.28. The first-order chi connectivity index (χ1) is 14.5. The topological polar surface area (TPSA) is 86.4 Å². The molecule has 8 heteroatoms. The highest BCUT2D eigenvalue weighted by molar-refractivity contribution is 8.00. The predicted octanol–water partition coefficient (Wildman–Crippen LogP) is 3.60. The van der Waals surface area contributed by atoms with E-state index in [-0.39, 0.29) is 17.6 Å². The first-order valence-electron chi connectivity index (χ1n) is 10.0. The zero-order valence-corrected chi connectivity index (χ0v) is 18.3. The molecule has 0 saturated heterocycles. The summed E-state index contributed by atoms with van der Waals surface area (Å²) in [6.45, 7) is 7.12. The van der Waals surface area contributed by atoms with E-state index in [4.69, 9.17) is 9.15 Å². The number of ether oxygens (including phenoxy) is 1. The average molecular weight is 430 g/mol. The third-order valence-electron chi connectivity index (χ3n) is 4.47. The molecule has 0 aliphatic rings. The van der Waals surface area contributed by atoms with Crippen molar-refractivity contribution in [3.8, 4) is 0 Å². The smallest absolute Gasteiger partial charge is 0.262 e. The number of aromatic nitrogens is 2. The van der Waals surface area contributed by atoms with Gasteiger partial charge in [-0.25, -0.2) is 4.98 Å². The van der Waals surface area contributed by atoms with Gasteiger partial charge in [0.15, 0.2) is 5.16 Å². The first kappa shape index (κ1) is 22.1. The Kier molecular flexibility index (Phi) is 7.70. The van der Waals surface area contributed by atoms with E-state index >= 15 is 0 Å². The van der Waals surface area contributed by atoms with Crippen molar-refractivity contribution in [1.29, 1.82) is 0 Å². The number of nitrogens with one attached hydrogen (secondary N) is 1. The summed E-state index contributed by atoms with van der Waals surface area (Å²) < 4.78 is 12.5. The molecule has 160 valence electrons. The Morgan fingerprint density at radius 2 is 2.03 bits per heavy atom. The Bertz CT molecular complexity index is 1030. The molecule has 3 rings (SSSR count). The molecule has 1 unspecified atom stereocenters. The van der Waals surface area contributed by atoms with Gasteiger partial charge in [0.05, 0.1) is 35.1 Å². The van der Waals surface area contributed by atoms with Gasteiger partial charge in [0.25, 0.3) is 5.56 Å². The number of nitrogens with zero attached hydrogens (tertiary/aromatic N) is 2. The highest BCUT2D eigenvalue weighted by atomic mass is 32.2. The summed E-state index contributed by atoms with van der Waals surface area (Å²) in [7, 11) is 0. The van der Waals surface area contributed by atoms with Crippen molar-refractivity contribution < 1.29 is 13.9 Å². The largest absolute Gasteiger partial charge is 0.467 e. The molecule has 0 aliphatic carbocycles. The molecule has 1 amide bonds. The fourth-order valence-electron chi connectivity index (χ4n) is 2.92. The van der Waals surface area contributed by atoms with Gasteiger partial charge in [0.1, 0.15) is 5.76 Å². The van der Waals surface area contributed by atoms with Crippen LogP contribution < -0.4 is 10.9 Å². The molecule has 1 aromatic carbocycles. The molecular formula is C22H27N3O4S. The summed E-state index contributed by atoms with van der Waals surface area (Å²) in [6, 6.07) is 10.9. The Morgan fingerprint density at radius 1 is 1.23 bits per heavy atom. The Morgan fingerprint density at radius 3 is 2.77 bits per heavy atom. The third kappa shape index (κ3) is 5.73. The minimum Gasteiger partial charge on any atom is -0.467 e. The monoisotopic (exact) mass is 429 g/mol. The Labute approximate surface area is 179 Å². The van der Waals surface area contributed by atoms with Gasteiger partial charge in [-0.15, -0.1) is 0 Å². The number of hydrogen-bond donors (Lipinski definition) is 1. The normalized spacial score (nSPS) is 12.4. The molecule has 0 radical (unpaired) electrons. The second-order valence-electron chi connectivity index (χ2n) is 7.20. The zero-order chi connectivity index (χ0) is 21.5. The number of carbonyl (C=O) groups excluding carboxylic acids is 1. The standard InChI is InChI=1S/C22H27N3O4S/c1-15(2)28-13-7-11-25-21(27)18-9-4-5-10-19(18)24-22(25)30-16(3)20(26)23-14-17-8-6-12-29-17/h4-6,8-10,12,15-16H,7,11,13-14H2,1-3H3,(H,23,26). The van der Waals surface area contributed by atoms with Crippen LogP contribution in [0.4, 0.5) is 0 Å². The lowest BCUT2D eigenvalue weighted by Crippen LogP contribution is -2.31. The van der Waals surface area contributed by atoms with Crippen LogP contribution >= 0.6 is 11.8 Å². The number of para-hydroxylation sites is 1. The molecule has 2 heterocycles. The third-order valence-corrected chi connectivity index (χ3v) is 5.56. The molecule has 0 spiro atoms. The molecule has 0 fully saturated rings. The van der Waals surface area contributed by atoms with Crippen molar-refractivity contribution in [2.75, 3.05) is 6.61 Å². The molecule has 1 N–H and O–H groups in total. The van der Waals surface area contributed by atoms with Crippen molar-refractivity contribution in [3.63, 3.8) is 0 Å². The van der Waals surface area contributed by atoms with Crippen molar-refractivity contribution in [3.05, 3.63) is 58.8 Å². The summed E-state index contributed by atoms with van der Waals surface area (Å²) in [5.74, 6) is 0.542. The molecule has 0 bridgehead atoms. The minimum absolute atomic E-state index is 0.101. The van der Waals surface area contributed by atoms with Gasteiger partial charge in [0, 0.05) is 13.2 Å². The van der Waals surface area contributed by atoms with Crippen LogP contribution in [0.3, 0.4) is 0 Å². The molecule has 7 nitrogen and oxygen atoms in total.